The molecule has 0 heterocycles. The third kappa shape index (κ3) is 3.31. The summed E-state index contributed by atoms with van der Waals surface area (Å²) in [6.07, 6.45) is 2.36. The Bertz CT molecular complexity index is 931. The minimum atomic E-state index is 0.451. The standard InChI is InChI=1S/C25H29N/c1-15-12-18(4)25(19(5)13-15)26-21(7)22-10-8-9-11-23(22)24-17(3)14-16(2)20(24)6/h8-14,17H,1-7H3/b26-21+. The molecular weight excluding hydrogens is 314 g/mol. The highest BCUT2D eigenvalue weighted by Crippen LogP contribution is 2.39. The molecule has 1 nitrogen and oxygen atoms in total. The second-order valence-corrected chi connectivity index (χ2v) is 7.67. The van der Waals surface area contributed by atoms with Gasteiger partial charge in [-0.1, -0.05) is 60.5 Å². The Morgan fingerprint density at radius 3 is 2.12 bits per heavy atom. The molecule has 3 rings (SSSR count). The first kappa shape index (κ1) is 18.4. The molecule has 0 fully saturated rings. The van der Waals surface area contributed by atoms with E-state index in [1.165, 1.54) is 44.5 Å². The molecular formula is C25H29N. The average Bonchev–Trinajstić information content (AvgIpc) is 2.83. The van der Waals surface area contributed by atoms with E-state index in [4.69, 9.17) is 4.99 Å². The number of hydrogen-bond acceptors (Lipinski definition) is 1. The van der Waals surface area contributed by atoms with Crippen LogP contribution in [0.3, 0.4) is 0 Å². The van der Waals surface area contributed by atoms with Crippen LogP contribution in [-0.2, 0) is 0 Å². The molecule has 0 spiro atoms. The van der Waals surface area contributed by atoms with E-state index in [1.807, 2.05) is 0 Å². The molecule has 0 aliphatic heterocycles. The van der Waals surface area contributed by atoms with Gasteiger partial charge in [-0.25, -0.2) is 0 Å². The van der Waals surface area contributed by atoms with Gasteiger partial charge in [0, 0.05) is 17.2 Å². The minimum Gasteiger partial charge on any atom is -0.253 e. The van der Waals surface area contributed by atoms with E-state index in [1.54, 1.807) is 0 Å². The lowest BCUT2D eigenvalue weighted by molar-refractivity contribution is 0.974. The van der Waals surface area contributed by atoms with Gasteiger partial charge in [-0.3, -0.25) is 4.99 Å². The smallest absolute Gasteiger partial charge is 0.0691 e. The lowest BCUT2D eigenvalue weighted by Crippen LogP contribution is -2.04. The molecule has 0 N–H and O–H groups in total. The summed E-state index contributed by atoms with van der Waals surface area (Å²) < 4.78 is 0. The van der Waals surface area contributed by atoms with Crippen LogP contribution in [0.1, 0.15) is 55.5 Å². The molecule has 1 aliphatic carbocycles. The van der Waals surface area contributed by atoms with Gasteiger partial charge in [0.2, 0.25) is 0 Å². The zero-order chi connectivity index (χ0) is 19.0. The maximum Gasteiger partial charge on any atom is 0.0691 e. The molecule has 1 heteroatoms. The zero-order valence-corrected chi connectivity index (χ0v) is 17.1. The van der Waals surface area contributed by atoms with Crippen molar-refractivity contribution in [3.63, 3.8) is 0 Å². The first-order valence-corrected chi connectivity index (χ1v) is 9.42. The van der Waals surface area contributed by atoms with Gasteiger partial charge >= 0.3 is 0 Å². The predicted octanol–water partition coefficient (Wildman–Crippen LogP) is 7.12. The Hall–Kier alpha value is -2.41. The Labute approximate surface area is 158 Å². The van der Waals surface area contributed by atoms with Crippen LogP contribution in [0.25, 0.3) is 5.57 Å². The number of rotatable bonds is 3. The summed E-state index contributed by atoms with van der Waals surface area (Å²) in [5, 5.41) is 0. The molecule has 26 heavy (non-hydrogen) atoms. The Morgan fingerprint density at radius 2 is 1.54 bits per heavy atom. The third-order valence-electron chi connectivity index (χ3n) is 5.47. The number of nitrogens with zero attached hydrogens (tertiary/aromatic N) is 1. The van der Waals surface area contributed by atoms with Crippen LogP contribution in [0.5, 0.6) is 0 Å². The first-order valence-electron chi connectivity index (χ1n) is 9.42. The van der Waals surface area contributed by atoms with E-state index in [0.717, 1.165) is 11.4 Å². The summed E-state index contributed by atoms with van der Waals surface area (Å²) in [4.78, 5) is 5.05. The second kappa shape index (κ2) is 7.07. The molecule has 134 valence electrons. The van der Waals surface area contributed by atoms with Gasteiger partial charge in [-0.2, -0.15) is 0 Å². The summed E-state index contributed by atoms with van der Waals surface area (Å²) in [5.74, 6) is 0.451. The van der Waals surface area contributed by atoms with E-state index in [0.29, 0.717) is 5.92 Å². The molecule has 0 bridgehead atoms. The molecule has 2 aromatic rings. The van der Waals surface area contributed by atoms with Gasteiger partial charge in [0.1, 0.15) is 0 Å². The van der Waals surface area contributed by atoms with E-state index in [2.05, 4.69) is 90.9 Å². The van der Waals surface area contributed by atoms with Crippen LogP contribution in [0.15, 0.2) is 58.6 Å². The monoisotopic (exact) mass is 343 g/mol. The van der Waals surface area contributed by atoms with Gasteiger partial charge in [0.25, 0.3) is 0 Å². The highest BCUT2D eigenvalue weighted by molar-refractivity contribution is 6.05. The predicted molar refractivity (Wildman–Crippen MR) is 114 cm³/mol. The zero-order valence-electron chi connectivity index (χ0n) is 17.1. The molecule has 0 aromatic heterocycles. The fraction of sp³-hybridized carbons (Fsp3) is 0.320. The molecule has 1 unspecified atom stereocenters. The molecule has 1 aliphatic rings. The lowest BCUT2D eigenvalue weighted by Gasteiger charge is -2.16. The summed E-state index contributed by atoms with van der Waals surface area (Å²) in [6, 6.07) is 13.1. The summed E-state index contributed by atoms with van der Waals surface area (Å²) in [5.41, 5.74) is 12.7. The van der Waals surface area contributed by atoms with E-state index in [-0.39, 0.29) is 0 Å². The second-order valence-electron chi connectivity index (χ2n) is 7.67. The highest BCUT2D eigenvalue weighted by atomic mass is 14.8. The van der Waals surface area contributed by atoms with Crippen LogP contribution in [0, 0.1) is 26.7 Å². The fourth-order valence-corrected chi connectivity index (χ4v) is 4.19. The van der Waals surface area contributed by atoms with Gasteiger partial charge in [0.15, 0.2) is 0 Å². The quantitative estimate of drug-likeness (QED) is 0.526. The topological polar surface area (TPSA) is 12.4 Å². The molecule has 0 radical (unpaired) electrons. The van der Waals surface area contributed by atoms with Crippen molar-refractivity contribution in [3.8, 4) is 0 Å². The minimum absolute atomic E-state index is 0.451. The number of aliphatic imine (C=N–C) groups is 1. The number of hydrogen-bond donors (Lipinski definition) is 0. The van der Waals surface area contributed by atoms with Crippen molar-refractivity contribution in [2.75, 3.05) is 0 Å². The Balaban J connectivity index is 2.13. The van der Waals surface area contributed by atoms with Crippen LogP contribution in [0.4, 0.5) is 5.69 Å². The molecule has 2 aromatic carbocycles. The SMILES string of the molecule is CC1=CC(C)C(c2ccccc2/C(C)=N/c2c(C)cc(C)cc2C)=C1C. The van der Waals surface area contributed by atoms with Crippen LogP contribution in [-0.4, -0.2) is 5.71 Å². The van der Waals surface area contributed by atoms with Crippen molar-refractivity contribution < 1.29 is 0 Å². The van der Waals surface area contributed by atoms with Crippen molar-refractivity contribution in [2.45, 2.75) is 48.5 Å². The van der Waals surface area contributed by atoms with Crippen LogP contribution in [0.2, 0.25) is 0 Å². The summed E-state index contributed by atoms with van der Waals surface area (Å²) in [7, 11) is 0. The Kier molecular flexibility index (Phi) is 5.00. The van der Waals surface area contributed by atoms with Crippen molar-refractivity contribution in [2.24, 2.45) is 10.9 Å². The number of allylic oxidation sites excluding steroid dienone is 4. The average molecular weight is 344 g/mol. The normalized spacial score (nSPS) is 17.7. The largest absolute Gasteiger partial charge is 0.253 e. The first-order chi connectivity index (χ1) is 12.3. The highest BCUT2D eigenvalue weighted by Gasteiger charge is 2.22. The number of aryl methyl sites for hydroxylation is 3. The van der Waals surface area contributed by atoms with Crippen molar-refractivity contribution >= 4 is 17.0 Å². The lowest BCUT2D eigenvalue weighted by atomic mass is 9.89. The Morgan fingerprint density at radius 1 is 0.923 bits per heavy atom. The molecule has 1 atom stereocenters. The van der Waals surface area contributed by atoms with E-state index >= 15 is 0 Å². The number of benzene rings is 2. The molecule has 0 saturated carbocycles. The van der Waals surface area contributed by atoms with Crippen LogP contribution < -0.4 is 0 Å². The molecule has 0 amide bonds. The van der Waals surface area contributed by atoms with Gasteiger partial charge in [-0.15, -0.1) is 0 Å². The van der Waals surface area contributed by atoms with Crippen LogP contribution >= 0.6 is 0 Å². The summed E-state index contributed by atoms with van der Waals surface area (Å²) in [6.45, 7) is 15.3. The van der Waals surface area contributed by atoms with Crippen molar-refractivity contribution in [1.82, 2.24) is 0 Å². The maximum atomic E-state index is 5.05. The third-order valence-corrected chi connectivity index (χ3v) is 5.47. The summed E-state index contributed by atoms with van der Waals surface area (Å²) >= 11 is 0. The van der Waals surface area contributed by atoms with Crippen molar-refractivity contribution in [1.29, 1.82) is 0 Å². The molecule has 0 saturated heterocycles. The fourth-order valence-electron chi connectivity index (χ4n) is 4.19. The van der Waals surface area contributed by atoms with Crippen molar-refractivity contribution in [3.05, 3.63) is 81.4 Å². The maximum absolute atomic E-state index is 5.05. The van der Waals surface area contributed by atoms with E-state index in [9.17, 15) is 0 Å². The van der Waals surface area contributed by atoms with Gasteiger partial charge in [-0.05, 0) is 69.4 Å². The van der Waals surface area contributed by atoms with Gasteiger partial charge in [0.05, 0.1) is 5.69 Å². The van der Waals surface area contributed by atoms with Gasteiger partial charge < -0.3 is 0 Å². The van der Waals surface area contributed by atoms with E-state index < -0.39 is 0 Å².